The maximum absolute atomic E-state index is 12.4. The van der Waals surface area contributed by atoms with E-state index < -0.39 is 0 Å². The summed E-state index contributed by atoms with van der Waals surface area (Å²) in [6.07, 6.45) is 0. The topological polar surface area (TPSA) is 61.4 Å². The van der Waals surface area contributed by atoms with Crippen LogP contribution in [-0.2, 0) is 0 Å². The average Bonchev–Trinajstić information content (AvgIpc) is 2.88. The van der Waals surface area contributed by atoms with E-state index in [0.717, 1.165) is 15.6 Å². The van der Waals surface area contributed by atoms with Gasteiger partial charge in [-0.1, -0.05) is 35.9 Å². The Hall–Kier alpha value is -2.15. The molecular formula is C17H13ClN2O2S2. The Kier molecular flexibility index (Phi) is 4.71. The van der Waals surface area contributed by atoms with E-state index in [4.69, 9.17) is 23.8 Å². The number of carbonyl (C=O) groups is 1. The number of thiocarbonyl (C=S) groups is 1. The Labute approximate surface area is 153 Å². The lowest BCUT2D eigenvalue weighted by atomic mass is 10.2. The molecule has 0 aliphatic carbocycles. The van der Waals surface area contributed by atoms with E-state index in [0.29, 0.717) is 15.6 Å². The fraction of sp³-hybridized carbons (Fsp3) is 0.0588. The molecule has 0 radical (unpaired) electrons. The Morgan fingerprint density at radius 1 is 1.25 bits per heavy atom. The number of rotatable bonds is 2. The Bertz CT molecular complexity index is 953. The highest BCUT2D eigenvalue weighted by Crippen LogP contribution is 2.35. The summed E-state index contributed by atoms with van der Waals surface area (Å²) in [7, 11) is 0. The highest BCUT2D eigenvalue weighted by atomic mass is 35.5. The summed E-state index contributed by atoms with van der Waals surface area (Å²) in [5, 5.41) is 16.6. The molecule has 0 atom stereocenters. The normalized spacial score (nSPS) is 10.6. The van der Waals surface area contributed by atoms with E-state index in [-0.39, 0.29) is 16.8 Å². The quantitative estimate of drug-likeness (QED) is 0.448. The molecule has 0 saturated carbocycles. The van der Waals surface area contributed by atoms with Crippen LogP contribution < -0.4 is 10.6 Å². The maximum atomic E-state index is 12.4. The van der Waals surface area contributed by atoms with Crippen LogP contribution in [0.3, 0.4) is 0 Å². The van der Waals surface area contributed by atoms with Crippen molar-refractivity contribution in [1.82, 2.24) is 5.32 Å². The third-order valence-corrected chi connectivity index (χ3v) is 5.25. The van der Waals surface area contributed by atoms with Gasteiger partial charge >= 0.3 is 0 Å². The second-order valence-corrected chi connectivity index (χ2v) is 7.01. The van der Waals surface area contributed by atoms with E-state index in [1.807, 2.05) is 31.2 Å². The number of aryl methyl sites for hydroxylation is 1. The van der Waals surface area contributed by atoms with Crippen LogP contribution in [0.15, 0.2) is 42.5 Å². The number of phenols is 1. The first-order valence-corrected chi connectivity index (χ1v) is 8.65. The number of anilines is 1. The number of benzene rings is 2. The van der Waals surface area contributed by atoms with E-state index in [2.05, 4.69) is 10.6 Å². The molecule has 0 spiro atoms. The van der Waals surface area contributed by atoms with Crippen LogP contribution in [0.4, 0.5) is 5.69 Å². The molecule has 4 nitrogen and oxygen atoms in total. The van der Waals surface area contributed by atoms with Crippen molar-refractivity contribution in [2.24, 2.45) is 0 Å². The Morgan fingerprint density at radius 3 is 2.75 bits per heavy atom. The molecule has 0 fully saturated rings. The molecule has 0 saturated heterocycles. The zero-order valence-electron chi connectivity index (χ0n) is 12.6. The van der Waals surface area contributed by atoms with Crippen LogP contribution in [0.1, 0.15) is 15.2 Å². The summed E-state index contributed by atoms with van der Waals surface area (Å²) < 4.78 is 0.933. The number of aromatic hydroxyl groups is 1. The number of hydrogen-bond donors (Lipinski definition) is 3. The van der Waals surface area contributed by atoms with Crippen LogP contribution in [-0.4, -0.2) is 16.1 Å². The highest BCUT2D eigenvalue weighted by molar-refractivity contribution is 7.80. The summed E-state index contributed by atoms with van der Waals surface area (Å²) >= 11 is 12.7. The van der Waals surface area contributed by atoms with Crippen molar-refractivity contribution in [3.8, 4) is 5.75 Å². The van der Waals surface area contributed by atoms with Gasteiger partial charge in [0.2, 0.25) is 0 Å². The number of fused-ring (bicyclic) bond motifs is 1. The van der Waals surface area contributed by atoms with Crippen molar-refractivity contribution >= 4 is 61.9 Å². The van der Waals surface area contributed by atoms with Crippen LogP contribution in [0.25, 0.3) is 10.1 Å². The molecule has 3 rings (SSSR count). The van der Waals surface area contributed by atoms with Gasteiger partial charge in [0, 0.05) is 10.1 Å². The third-order valence-electron chi connectivity index (χ3n) is 3.37. The number of thiophene rings is 1. The van der Waals surface area contributed by atoms with Gasteiger partial charge in [0.05, 0.1) is 10.7 Å². The molecule has 2 aromatic carbocycles. The van der Waals surface area contributed by atoms with Crippen LogP contribution in [0, 0.1) is 6.92 Å². The maximum Gasteiger partial charge on any atom is 0.269 e. The van der Waals surface area contributed by atoms with Gasteiger partial charge in [-0.25, -0.2) is 0 Å². The van der Waals surface area contributed by atoms with E-state index in [9.17, 15) is 9.90 Å². The zero-order valence-corrected chi connectivity index (χ0v) is 15.0. The average molecular weight is 377 g/mol. The molecule has 0 unspecified atom stereocenters. The Balaban J connectivity index is 1.77. The smallest absolute Gasteiger partial charge is 0.269 e. The molecule has 7 heteroatoms. The molecule has 0 bridgehead atoms. The number of amides is 1. The van der Waals surface area contributed by atoms with Crippen molar-refractivity contribution in [3.63, 3.8) is 0 Å². The van der Waals surface area contributed by atoms with Gasteiger partial charge in [0.15, 0.2) is 5.11 Å². The second kappa shape index (κ2) is 6.76. The minimum absolute atomic E-state index is 0.0529. The first kappa shape index (κ1) is 16.7. The van der Waals surface area contributed by atoms with Crippen molar-refractivity contribution in [2.45, 2.75) is 6.92 Å². The molecular weight excluding hydrogens is 364 g/mol. The molecule has 1 aromatic heterocycles. The first-order valence-electron chi connectivity index (χ1n) is 7.04. The van der Waals surface area contributed by atoms with Crippen LogP contribution in [0.2, 0.25) is 5.02 Å². The third kappa shape index (κ3) is 3.36. The van der Waals surface area contributed by atoms with E-state index in [1.54, 1.807) is 18.2 Å². The molecule has 1 heterocycles. The second-order valence-electron chi connectivity index (χ2n) is 5.17. The minimum Gasteiger partial charge on any atom is -0.506 e. The van der Waals surface area contributed by atoms with E-state index in [1.165, 1.54) is 11.3 Å². The predicted octanol–water partition coefficient (Wildman–Crippen LogP) is 4.70. The molecule has 3 aromatic rings. The van der Waals surface area contributed by atoms with Gasteiger partial charge in [-0.15, -0.1) is 11.3 Å². The largest absolute Gasteiger partial charge is 0.506 e. The van der Waals surface area contributed by atoms with Gasteiger partial charge in [0.25, 0.3) is 5.91 Å². The SMILES string of the molecule is Cc1ccc(O)c(NC(=S)NC(=O)c2sc3ccccc3c2Cl)c1. The van der Waals surface area contributed by atoms with Crippen molar-refractivity contribution < 1.29 is 9.90 Å². The molecule has 24 heavy (non-hydrogen) atoms. The summed E-state index contributed by atoms with van der Waals surface area (Å²) in [4.78, 5) is 12.8. The molecule has 1 amide bonds. The standard InChI is InChI=1S/C17H13ClN2O2S2/c1-9-6-7-12(21)11(8-9)19-17(23)20-16(22)15-14(18)10-4-2-3-5-13(10)24-15/h2-8,21H,1H3,(H2,19,20,22,23). The number of phenolic OH excluding ortho intramolecular Hbond substituents is 1. The molecule has 0 aliphatic heterocycles. The van der Waals surface area contributed by atoms with Crippen molar-refractivity contribution in [2.75, 3.05) is 5.32 Å². The number of carbonyl (C=O) groups excluding carboxylic acids is 1. The van der Waals surface area contributed by atoms with Crippen molar-refractivity contribution in [1.29, 1.82) is 0 Å². The fourth-order valence-electron chi connectivity index (χ4n) is 2.22. The lowest BCUT2D eigenvalue weighted by molar-refractivity contribution is 0.0982. The molecule has 3 N–H and O–H groups in total. The summed E-state index contributed by atoms with van der Waals surface area (Å²) in [6.45, 7) is 1.89. The van der Waals surface area contributed by atoms with Gasteiger partial charge < -0.3 is 10.4 Å². The van der Waals surface area contributed by atoms with Gasteiger partial charge in [-0.05, 0) is 42.9 Å². The molecule has 0 aliphatic rings. The highest BCUT2D eigenvalue weighted by Gasteiger charge is 2.18. The Morgan fingerprint density at radius 2 is 2.00 bits per heavy atom. The predicted molar refractivity (Wildman–Crippen MR) is 103 cm³/mol. The lowest BCUT2D eigenvalue weighted by Gasteiger charge is -2.11. The zero-order chi connectivity index (χ0) is 17.3. The summed E-state index contributed by atoms with van der Waals surface area (Å²) in [5.41, 5.74) is 1.39. The summed E-state index contributed by atoms with van der Waals surface area (Å²) in [6, 6.07) is 12.6. The van der Waals surface area contributed by atoms with Crippen LogP contribution >= 0.6 is 35.2 Å². The first-order chi connectivity index (χ1) is 11.5. The van der Waals surface area contributed by atoms with Gasteiger partial charge in [-0.3, -0.25) is 10.1 Å². The number of halogens is 1. The lowest BCUT2D eigenvalue weighted by Crippen LogP contribution is -2.33. The monoisotopic (exact) mass is 376 g/mol. The summed E-state index contributed by atoms with van der Waals surface area (Å²) in [5.74, 6) is -0.331. The molecule has 122 valence electrons. The van der Waals surface area contributed by atoms with Gasteiger partial charge in [0.1, 0.15) is 10.6 Å². The number of hydrogen-bond acceptors (Lipinski definition) is 4. The van der Waals surface area contributed by atoms with Crippen molar-refractivity contribution in [3.05, 3.63) is 57.9 Å². The van der Waals surface area contributed by atoms with E-state index >= 15 is 0 Å². The van der Waals surface area contributed by atoms with Gasteiger partial charge in [-0.2, -0.15) is 0 Å². The minimum atomic E-state index is -0.383. The number of nitrogens with one attached hydrogen (secondary N) is 2. The fourth-order valence-corrected chi connectivity index (χ4v) is 3.84. The van der Waals surface area contributed by atoms with Crippen LogP contribution in [0.5, 0.6) is 5.75 Å².